The third-order valence-corrected chi connectivity index (χ3v) is 3.57. The predicted octanol–water partition coefficient (Wildman–Crippen LogP) is 4.38. The van der Waals surface area contributed by atoms with Crippen molar-refractivity contribution in [2.24, 2.45) is 0 Å². The number of hydrogen-bond acceptors (Lipinski definition) is 1. The summed E-state index contributed by atoms with van der Waals surface area (Å²) in [6.07, 6.45) is 2.23. The van der Waals surface area contributed by atoms with Gasteiger partial charge in [-0.2, -0.15) is 0 Å². The first-order chi connectivity index (χ1) is 9.63. The molecule has 0 heterocycles. The van der Waals surface area contributed by atoms with Gasteiger partial charge in [-0.15, -0.1) is 0 Å². The van der Waals surface area contributed by atoms with Crippen molar-refractivity contribution in [3.63, 3.8) is 0 Å². The molecule has 0 fully saturated rings. The lowest BCUT2D eigenvalue weighted by molar-refractivity contribution is 0.0993. The van der Waals surface area contributed by atoms with Crippen LogP contribution < -0.4 is 0 Å². The van der Waals surface area contributed by atoms with E-state index in [0.29, 0.717) is 6.42 Å². The Kier molecular flexibility index (Phi) is 4.67. The van der Waals surface area contributed by atoms with Crippen LogP contribution in [0, 0.1) is 5.82 Å². The first kappa shape index (κ1) is 14.4. The molecule has 1 nitrogen and oxygen atoms in total. The molecule has 0 atom stereocenters. The molecule has 104 valence electrons. The van der Waals surface area contributed by atoms with Crippen LogP contribution in [-0.4, -0.2) is 5.78 Å². The van der Waals surface area contributed by atoms with E-state index in [1.165, 1.54) is 23.3 Å². The van der Waals surface area contributed by atoms with Crippen molar-refractivity contribution < 1.29 is 9.18 Å². The smallest absolute Gasteiger partial charge is 0.167 e. The normalized spacial score (nSPS) is 10.6. The van der Waals surface area contributed by atoms with E-state index in [0.717, 1.165) is 24.0 Å². The Morgan fingerprint density at radius 2 is 1.60 bits per heavy atom. The molecule has 0 amide bonds. The van der Waals surface area contributed by atoms with Crippen LogP contribution in [0.5, 0.6) is 0 Å². The van der Waals surface area contributed by atoms with Crippen molar-refractivity contribution in [2.75, 3.05) is 0 Å². The highest BCUT2D eigenvalue weighted by Gasteiger charge is 2.09. The lowest BCUT2D eigenvalue weighted by Gasteiger charge is -2.08. The number of rotatable bonds is 5. The number of benzene rings is 2. The Morgan fingerprint density at radius 1 is 0.950 bits per heavy atom. The van der Waals surface area contributed by atoms with Crippen LogP contribution in [0.25, 0.3) is 0 Å². The van der Waals surface area contributed by atoms with Gasteiger partial charge in [-0.1, -0.05) is 38.1 Å². The summed E-state index contributed by atoms with van der Waals surface area (Å²) in [4.78, 5) is 12.3. The Bertz CT molecular complexity index is 599. The molecule has 0 saturated carbocycles. The number of halogens is 1. The van der Waals surface area contributed by atoms with Crippen LogP contribution in [0.4, 0.5) is 4.39 Å². The monoisotopic (exact) mass is 270 g/mol. The van der Waals surface area contributed by atoms with Crippen LogP contribution in [0.1, 0.15) is 40.9 Å². The molecule has 0 unspecified atom stereocenters. The minimum absolute atomic E-state index is 0.0777. The van der Waals surface area contributed by atoms with Gasteiger partial charge in [0, 0.05) is 12.0 Å². The molecular formula is C18H19FO. The van der Waals surface area contributed by atoms with Gasteiger partial charge >= 0.3 is 0 Å². The highest BCUT2D eigenvalue weighted by molar-refractivity contribution is 5.97. The molecule has 0 N–H and O–H groups in total. The van der Waals surface area contributed by atoms with Crippen LogP contribution in [0.2, 0.25) is 0 Å². The third kappa shape index (κ3) is 3.32. The van der Waals surface area contributed by atoms with E-state index < -0.39 is 0 Å². The molecule has 2 aromatic carbocycles. The zero-order valence-electron chi connectivity index (χ0n) is 11.9. The summed E-state index contributed by atoms with van der Waals surface area (Å²) in [7, 11) is 0. The first-order valence-electron chi connectivity index (χ1n) is 7.03. The molecule has 0 aromatic heterocycles. The van der Waals surface area contributed by atoms with Gasteiger partial charge in [0.1, 0.15) is 5.82 Å². The molecule has 0 aliphatic rings. The van der Waals surface area contributed by atoms with Crippen molar-refractivity contribution in [1.82, 2.24) is 0 Å². The molecule has 0 bridgehead atoms. The van der Waals surface area contributed by atoms with Gasteiger partial charge in [-0.05, 0) is 47.7 Å². The van der Waals surface area contributed by atoms with Gasteiger partial charge in [0.05, 0.1) is 0 Å². The summed E-state index contributed by atoms with van der Waals surface area (Å²) >= 11 is 0. The van der Waals surface area contributed by atoms with E-state index in [-0.39, 0.29) is 11.6 Å². The van der Waals surface area contributed by atoms with Crippen molar-refractivity contribution >= 4 is 5.78 Å². The van der Waals surface area contributed by atoms with Crippen molar-refractivity contribution in [2.45, 2.75) is 33.1 Å². The lowest BCUT2D eigenvalue weighted by Crippen LogP contribution is -2.05. The van der Waals surface area contributed by atoms with Gasteiger partial charge in [0.25, 0.3) is 0 Å². The minimum atomic E-state index is -0.276. The number of Topliss-reactive ketones (excluding diaryl/α,β-unsaturated/α-hetero) is 1. The van der Waals surface area contributed by atoms with Gasteiger partial charge in [0.2, 0.25) is 0 Å². The Balaban J connectivity index is 2.18. The zero-order chi connectivity index (χ0) is 14.5. The number of carbonyl (C=O) groups excluding carboxylic acids is 1. The number of carbonyl (C=O) groups is 1. The molecule has 20 heavy (non-hydrogen) atoms. The van der Waals surface area contributed by atoms with Crippen LogP contribution in [-0.2, 0) is 19.3 Å². The van der Waals surface area contributed by atoms with E-state index in [4.69, 9.17) is 0 Å². The summed E-state index contributed by atoms with van der Waals surface area (Å²) in [5.41, 5.74) is 4.11. The van der Waals surface area contributed by atoms with Crippen molar-refractivity contribution in [1.29, 1.82) is 0 Å². The Hall–Kier alpha value is -1.96. The van der Waals surface area contributed by atoms with Crippen molar-refractivity contribution in [3.8, 4) is 0 Å². The minimum Gasteiger partial charge on any atom is -0.294 e. The predicted molar refractivity (Wildman–Crippen MR) is 79.6 cm³/mol. The van der Waals surface area contributed by atoms with Crippen LogP contribution >= 0.6 is 0 Å². The van der Waals surface area contributed by atoms with Crippen molar-refractivity contribution in [3.05, 3.63) is 70.5 Å². The zero-order valence-corrected chi connectivity index (χ0v) is 11.9. The molecule has 0 aliphatic heterocycles. The fourth-order valence-corrected chi connectivity index (χ4v) is 2.36. The molecule has 0 aliphatic carbocycles. The summed E-state index contributed by atoms with van der Waals surface area (Å²) in [6, 6.07) is 12.0. The SMILES string of the molecule is CCc1ccc(C(=O)Cc2ccc(F)cc2)cc1CC. The Labute approximate surface area is 119 Å². The van der Waals surface area contributed by atoms with Gasteiger partial charge in [-0.25, -0.2) is 4.39 Å². The molecule has 0 saturated heterocycles. The average molecular weight is 270 g/mol. The average Bonchev–Trinajstić information content (AvgIpc) is 2.48. The number of ketones is 1. The summed E-state index contributed by atoms with van der Waals surface area (Å²) in [5, 5.41) is 0. The van der Waals surface area contributed by atoms with Crippen LogP contribution in [0.3, 0.4) is 0 Å². The van der Waals surface area contributed by atoms with Crippen LogP contribution in [0.15, 0.2) is 42.5 Å². The summed E-state index contributed by atoms with van der Waals surface area (Å²) in [6.45, 7) is 4.22. The highest BCUT2D eigenvalue weighted by Crippen LogP contribution is 2.16. The van der Waals surface area contributed by atoms with E-state index in [1.54, 1.807) is 12.1 Å². The quantitative estimate of drug-likeness (QED) is 0.737. The summed E-state index contributed by atoms with van der Waals surface area (Å²) in [5.74, 6) is -0.198. The maximum Gasteiger partial charge on any atom is 0.167 e. The van der Waals surface area contributed by atoms with Gasteiger partial charge in [0.15, 0.2) is 5.78 Å². The first-order valence-corrected chi connectivity index (χ1v) is 7.03. The fourth-order valence-electron chi connectivity index (χ4n) is 2.36. The second-order valence-corrected chi connectivity index (χ2v) is 4.92. The van der Waals surface area contributed by atoms with Gasteiger partial charge in [-0.3, -0.25) is 4.79 Å². The molecule has 0 spiro atoms. The highest BCUT2D eigenvalue weighted by atomic mass is 19.1. The molecule has 2 rings (SSSR count). The maximum absolute atomic E-state index is 12.8. The van der Waals surface area contributed by atoms with E-state index in [1.807, 2.05) is 18.2 Å². The fraction of sp³-hybridized carbons (Fsp3) is 0.278. The third-order valence-electron chi connectivity index (χ3n) is 3.57. The topological polar surface area (TPSA) is 17.1 Å². The number of hydrogen-bond donors (Lipinski definition) is 0. The van der Waals surface area contributed by atoms with E-state index in [2.05, 4.69) is 13.8 Å². The second-order valence-electron chi connectivity index (χ2n) is 4.92. The van der Waals surface area contributed by atoms with Gasteiger partial charge < -0.3 is 0 Å². The largest absolute Gasteiger partial charge is 0.294 e. The Morgan fingerprint density at radius 3 is 2.20 bits per heavy atom. The molecule has 0 radical (unpaired) electrons. The van der Waals surface area contributed by atoms with E-state index >= 15 is 0 Å². The number of aryl methyl sites for hydroxylation is 2. The lowest BCUT2D eigenvalue weighted by atomic mass is 9.96. The van der Waals surface area contributed by atoms with E-state index in [9.17, 15) is 9.18 Å². The molecular weight excluding hydrogens is 251 g/mol. The standard InChI is InChI=1S/C18H19FO/c1-3-14-7-8-16(12-15(14)4-2)18(20)11-13-5-9-17(19)10-6-13/h5-10,12H,3-4,11H2,1-2H3. The summed E-state index contributed by atoms with van der Waals surface area (Å²) < 4.78 is 12.8. The molecule has 2 heteroatoms. The second kappa shape index (κ2) is 6.47. The maximum atomic E-state index is 12.8. The molecule has 2 aromatic rings.